The highest BCUT2D eigenvalue weighted by molar-refractivity contribution is 5.91. The van der Waals surface area contributed by atoms with E-state index in [-0.39, 0.29) is 5.57 Å². The molecule has 0 spiro atoms. The van der Waals surface area contributed by atoms with E-state index in [0.717, 1.165) is 5.57 Å². The second-order valence-corrected chi connectivity index (χ2v) is 7.91. The molecule has 26 heavy (non-hydrogen) atoms. The fraction of sp³-hybridized carbons (Fsp3) is 0.600. The Hall–Kier alpha value is -1.92. The first kappa shape index (κ1) is 18.9. The first-order valence-electron chi connectivity index (χ1n) is 8.90. The predicted molar refractivity (Wildman–Crippen MR) is 94.1 cm³/mol. The van der Waals surface area contributed by atoms with Gasteiger partial charge in [0.15, 0.2) is 6.10 Å². The van der Waals surface area contributed by atoms with E-state index >= 15 is 0 Å². The lowest BCUT2D eigenvalue weighted by atomic mass is 9.85. The number of hydrogen-bond donors (Lipinski definition) is 1. The normalized spacial score (nSPS) is 36.4. The summed E-state index contributed by atoms with van der Waals surface area (Å²) >= 11 is 0. The lowest BCUT2D eigenvalue weighted by Gasteiger charge is -2.27. The zero-order valence-electron chi connectivity index (χ0n) is 15.7. The van der Waals surface area contributed by atoms with Crippen molar-refractivity contribution in [1.82, 2.24) is 0 Å². The number of rotatable bonds is 2. The van der Waals surface area contributed by atoms with Gasteiger partial charge in [0.2, 0.25) is 0 Å². The molecule has 0 bridgehead atoms. The second-order valence-electron chi connectivity index (χ2n) is 7.91. The van der Waals surface area contributed by atoms with Crippen molar-refractivity contribution in [2.45, 2.75) is 70.6 Å². The van der Waals surface area contributed by atoms with E-state index in [1.54, 1.807) is 13.0 Å². The number of aliphatic hydroxyl groups is 1. The van der Waals surface area contributed by atoms with E-state index < -0.39 is 47.9 Å². The third kappa shape index (κ3) is 3.62. The third-order valence-electron chi connectivity index (χ3n) is 5.31. The minimum atomic E-state index is -0.641. The minimum absolute atomic E-state index is 0.288. The fourth-order valence-corrected chi connectivity index (χ4v) is 3.50. The summed E-state index contributed by atoms with van der Waals surface area (Å²) in [5, 5.41) is 10.2. The van der Waals surface area contributed by atoms with Gasteiger partial charge in [-0.1, -0.05) is 18.2 Å². The third-order valence-corrected chi connectivity index (χ3v) is 5.31. The van der Waals surface area contributed by atoms with Crippen LogP contribution in [0, 0.1) is 5.92 Å². The van der Waals surface area contributed by atoms with Crippen molar-refractivity contribution in [3.05, 3.63) is 35.5 Å². The Kier molecular flexibility index (Phi) is 4.84. The van der Waals surface area contributed by atoms with E-state index in [0.29, 0.717) is 18.4 Å². The number of epoxide rings is 1. The fourth-order valence-electron chi connectivity index (χ4n) is 3.50. The summed E-state index contributed by atoms with van der Waals surface area (Å²) in [5.41, 5.74) is 1.45. The molecule has 0 amide bonds. The first-order chi connectivity index (χ1) is 12.1. The van der Waals surface area contributed by atoms with Crippen molar-refractivity contribution in [2.75, 3.05) is 0 Å². The van der Waals surface area contributed by atoms with E-state index in [4.69, 9.17) is 14.2 Å². The summed E-state index contributed by atoms with van der Waals surface area (Å²) in [6, 6.07) is 0. The van der Waals surface area contributed by atoms with Crippen LogP contribution >= 0.6 is 0 Å². The molecule has 2 heterocycles. The Morgan fingerprint density at radius 1 is 1.38 bits per heavy atom. The van der Waals surface area contributed by atoms with Gasteiger partial charge in [-0.15, -0.1) is 0 Å². The zero-order chi connectivity index (χ0) is 19.2. The molecule has 6 heteroatoms. The molecule has 0 aromatic carbocycles. The zero-order valence-corrected chi connectivity index (χ0v) is 15.7. The molecule has 1 N–H and O–H groups in total. The van der Waals surface area contributed by atoms with Gasteiger partial charge in [-0.2, -0.15) is 0 Å². The molecule has 0 aromatic heterocycles. The van der Waals surface area contributed by atoms with Gasteiger partial charge in [0.1, 0.15) is 17.8 Å². The van der Waals surface area contributed by atoms with Crippen LogP contribution in [-0.2, 0) is 23.8 Å². The second kappa shape index (κ2) is 6.67. The Morgan fingerprint density at radius 3 is 2.65 bits per heavy atom. The highest BCUT2D eigenvalue weighted by atomic mass is 16.7. The van der Waals surface area contributed by atoms with Crippen LogP contribution in [-0.4, -0.2) is 47.1 Å². The van der Waals surface area contributed by atoms with Gasteiger partial charge < -0.3 is 19.3 Å². The number of fused-ring (bicyclic) bond motifs is 1. The molecule has 6 nitrogen and oxygen atoms in total. The molecule has 3 rings (SSSR count). The van der Waals surface area contributed by atoms with E-state index in [1.807, 2.05) is 26.8 Å². The first-order valence-corrected chi connectivity index (χ1v) is 8.90. The van der Waals surface area contributed by atoms with Crippen molar-refractivity contribution in [2.24, 2.45) is 5.92 Å². The van der Waals surface area contributed by atoms with E-state index in [2.05, 4.69) is 6.58 Å². The number of carbonyl (C=O) groups excluding carboxylic acids is 2. The molecule has 142 valence electrons. The van der Waals surface area contributed by atoms with E-state index in [1.165, 1.54) is 0 Å². The van der Waals surface area contributed by atoms with Gasteiger partial charge in [0.05, 0.1) is 12.0 Å². The van der Waals surface area contributed by atoms with Crippen LogP contribution in [0.5, 0.6) is 0 Å². The lowest BCUT2D eigenvalue weighted by Crippen LogP contribution is -2.35. The van der Waals surface area contributed by atoms with Crippen LogP contribution in [0.15, 0.2) is 35.5 Å². The average Bonchev–Trinajstić information content (AvgIpc) is 3.10. The molecule has 2 aliphatic heterocycles. The van der Waals surface area contributed by atoms with Crippen LogP contribution in [0.25, 0.3) is 0 Å². The van der Waals surface area contributed by atoms with Crippen LogP contribution in [0.3, 0.4) is 0 Å². The quantitative estimate of drug-likeness (QED) is 0.351. The van der Waals surface area contributed by atoms with Gasteiger partial charge in [-0.05, 0) is 45.8 Å². The Balaban J connectivity index is 1.90. The molecule has 5 unspecified atom stereocenters. The molecule has 3 aliphatic rings. The highest BCUT2D eigenvalue weighted by Crippen LogP contribution is 2.40. The van der Waals surface area contributed by atoms with Crippen molar-refractivity contribution >= 4 is 11.9 Å². The maximum Gasteiger partial charge on any atom is 0.338 e. The minimum Gasteiger partial charge on any atom is -0.459 e. The van der Waals surface area contributed by atoms with Gasteiger partial charge in [0, 0.05) is 12.0 Å². The molecule has 5 atom stereocenters. The molecule has 2 fully saturated rings. The molecule has 0 radical (unpaired) electrons. The van der Waals surface area contributed by atoms with E-state index in [9.17, 15) is 14.7 Å². The lowest BCUT2D eigenvalue weighted by molar-refractivity contribution is -0.153. The van der Waals surface area contributed by atoms with Crippen molar-refractivity contribution in [3.63, 3.8) is 0 Å². The van der Waals surface area contributed by atoms with Gasteiger partial charge in [-0.25, -0.2) is 9.59 Å². The smallest absolute Gasteiger partial charge is 0.338 e. The van der Waals surface area contributed by atoms with Crippen LogP contribution < -0.4 is 0 Å². The van der Waals surface area contributed by atoms with Gasteiger partial charge >= 0.3 is 11.9 Å². The maximum absolute atomic E-state index is 12.5. The highest BCUT2D eigenvalue weighted by Gasteiger charge is 2.55. The predicted octanol–water partition coefficient (Wildman–Crippen LogP) is 2.22. The van der Waals surface area contributed by atoms with Crippen molar-refractivity contribution < 1.29 is 28.9 Å². The molecule has 0 aromatic rings. The number of esters is 2. The molecule has 2 saturated heterocycles. The SMILES string of the molecule is C=C1C(=O)OC2C=C(C)C(O)CC=C(C)CC(OC(=O)C3OC3(C)C)C12. The van der Waals surface area contributed by atoms with Crippen molar-refractivity contribution in [1.29, 1.82) is 0 Å². The number of carbonyl (C=O) groups is 2. The largest absolute Gasteiger partial charge is 0.459 e. The van der Waals surface area contributed by atoms with Crippen LogP contribution in [0.2, 0.25) is 0 Å². The molecular formula is C20H26O6. The number of ether oxygens (including phenoxy) is 3. The van der Waals surface area contributed by atoms with Gasteiger partial charge in [0.25, 0.3) is 0 Å². The molecular weight excluding hydrogens is 336 g/mol. The number of hydrogen-bond acceptors (Lipinski definition) is 6. The van der Waals surface area contributed by atoms with Crippen LogP contribution in [0.1, 0.15) is 40.5 Å². The van der Waals surface area contributed by atoms with Gasteiger partial charge in [-0.3, -0.25) is 0 Å². The average molecular weight is 362 g/mol. The Morgan fingerprint density at radius 2 is 2.04 bits per heavy atom. The summed E-state index contributed by atoms with van der Waals surface area (Å²) in [5.74, 6) is -1.42. The topological polar surface area (TPSA) is 85.4 Å². The van der Waals surface area contributed by atoms with Crippen LogP contribution in [0.4, 0.5) is 0 Å². The molecule has 0 saturated carbocycles. The summed E-state index contributed by atoms with van der Waals surface area (Å²) in [7, 11) is 0. The summed E-state index contributed by atoms with van der Waals surface area (Å²) < 4.78 is 16.6. The standard InChI is InChI=1S/C20H26O6/c1-10-6-7-13(21)11(2)9-15-16(12(3)18(22)24-15)14(8-10)25-19(23)17-20(4,5)26-17/h6,9,13-17,21H,3,7-8H2,1-2,4-5H3. The monoisotopic (exact) mass is 362 g/mol. The maximum atomic E-state index is 12.5. The Labute approximate surface area is 153 Å². The van der Waals surface area contributed by atoms with Crippen molar-refractivity contribution in [3.8, 4) is 0 Å². The summed E-state index contributed by atoms with van der Waals surface area (Å²) in [4.78, 5) is 24.6. The number of aliphatic hydroxyl groups excluding tert-OH is 1. The summed E-state index contributed by atoms with van der Waals surface area (Å²) in [6.07, 6.45) is 2.14. The molecule has 1 aliphatic carbocycles. The summed E-state index contributed by atoms with van der Waals surface area (Å²) in [6.45, 7) is 11.2. The Bertz CT molecular complexity index is 701.